The van der Waals surface area contributed by atoms with Gasteiger partial charge >= 0.3 is 0 Å². The second-order valence-corrected chi connectivity index (χ2v) is 3.81. The molecule has 94 valence electrons. The van der Waals surface area contributed by atoms with Crippen LogP contribution < -0.4 is 5.32 Å². The van der Waals surface area contributed by atoms with Gasteiger partial charge in [0.25, 0.3) is 5.91 Å². The van der Waals surface area contributed by atoms with E-state index in [1.54, 1.807) is 6.20 Å². The minimum atomic E-state index is -0.237. The van der Waals surface area contributed by atoms with Crippen molar-refractivity contribution in [1.29, 1.82) is 0 Å². The van der Waals surface area contributed by atoms with Gasteiger partial charge < -0.3 is 10.4 Å². The maximum absolute atomic E-state index is 11.7. The fourth-order valence-corrected chi connectivity index (χ4v) is 1.53. The van der Waals surface area contributed by atoms with Crippen LogP contribution in [-0.4, -0.2) is 32.3 Å². The zero-order valence-electron chi connectivity index (χ0n) is 9.78. The molecule has 2 heterocycles. The van der Waals surface area contributed by atoms with E-state index in [-0.39, 0.29) is 11.7 Å². The summed E-state index contributed by atoms with van der Waals surface area (Å²) < 4.78 is 1.81. The Balaban J connectivity index is 1.75. The highest BCUT2D eigenvalue weighted by Gasteiger charge is 2.05. The summed E-state index contributed by atoms with van der Waals surface area (Å²) in [5.41, 5.74) is 0.356. The maximum Gasteiger partial charge on any atom is 0.252 e. The van der Waals surface area contributed by atoms with Crippen molar-refractivity contribution < 1.29 is 9.90 Å². The van der Waals surface area contributed by atoms with Crippen molar-refractivity contribution in [3.05, 3.63) is 42.5 Å². The lowest BCUT2D eigenvalue weighted by Crippen LogP contribution is -2.25. The number of amides is 1. The van der Waals surface area contributed by atoms with Crippen LogP contribution >= 0.6 is 0 Å². The predicted octanol–water partition coefficient (Wildman–Crippen LogP) is 0.804. The summed E-state index contributed by atoms with van der Waals surface area (Å²) in [4.78, 5) is 15.4. The molecular weight excluding hydrogens is 232 g/mol. The van der Waals surface area contributed by atoms with Gasteiger partial charge in [0, 0.05) is 31.7 Å². The molecule has 1 amide bonds. The third kappa shape index (κ3) is 3.31. The molecule has 0 radical (unpaired) electrons. The minimum Gasteiger partial charge on any atom is -0.506 e. The zero-order valence-corrected chi connectivity index (χ0v) is 9.78. The summed E-state index contributed by atoms with van der Waals surface area (Å²) in [6.45, 7) is 1.31. The van der Waals surface area contributed by atoms with E-state index < -0.39 is 0 Å². The number of aromatic nitrogens is 3. The second-order valence-electron chi connectivity index (χ2n) is 3.81. The summed E-state index contributed by atoms with van der Waals surface area (Å²) >= 11 is 0. The summed E-state index contributed by atoms with van der Waals surface area (Å²) in [6.07, 6.45) is 7.09. The Labute approximate surface area is 104 Å². The average molecular weight is 246 g/mol. The number of hydrogen-bond donors (Lipinski definition) is 2. The Morgan fingerprint density at radius 3 is 3.06 bits per heavy atom. The molecule has 0 unspecified atom stereocenters. The standard InChI is InChI=1S/C12H14N4O2/c17-11-7-10(8-13-9-11)12(18)14-3-1-5-16-6-2-4-15-16/h2,4,6-9,17H,1,3,5H2,(H,14,18). The van der Waals surface area contributed by atoms with E-state index in [1.807, 2.05) is 16.9 Å². The van der Waals surface area contributed by atoms with Gasteiger partial charge in [0.2, 0.25) is 0 Å². The third-order valence-corrected chi connectivity index (χ3v) is 2.39. The molecule has 2 N–H and O–H groups in total. The van der Waals surface area contributed by atoms with Crippen LogP contribution in [0, 0.1) is 0 Å². The molecule has 0 bridgehead atoms. The Hall–Kier alpha value is -2.37. The van der Waals surface area contributed by atoms with Crippen LogP contribution in [-0.2, 0) is 6.54 Å². The quantitative estimate of drug-likeness (QED) is 0.765. The smallest absolute Gasteiger partial charge is 0.252 e. The molecule has 2 aromatic rings. The van der Waals surface area contributed by atoms with Crippen molar-refractivity contribution >= 4 is 5.91 Å². The molecule has 2 aromatic heterocycles. The lowest BCUT2D eigenvalue weighted by Gasteiger charge is -2.05. The number of carbonyl (C=O) groups is 1. The van der Waals surface area contributed by atoms with Crippen LogP contribution in [0.4, 0.5) is 0 Å². The molecule has 0 aliphatic rings. The number of hydrogen-bond acceptors (Lipinski definition) is 4. The highest BCUT2D eigenvalue weighted by Crippen LogP contribution is 2.07. The highest BCUT2D eigenvalue weighted by molar-refractivity contribution is 5.94. The SMILES string of the molecule is O=C(NCCCn1cccn1)c1cncc(O)c1. The van der Waals surface area contributed by atoms with Gasteiger partial charge in [-0.05, 0) is 18.6 Å². The number of aryl methyl sites for hydroxylation is 1. The Kier molecular flexibility index (Phi) is 3.90. The fraction of sp³-hybridized carbons (Fsp3) is 0.250. The lowest BCUT2D eigenvalue weighted by atomic mass is 10.2. The molecule has 0 saturated carbocycles. The largest absolute Gasteiger partial charge is 0.506 e. The monoisotopic (exact) mass is 246 g/mol. The molecule has 0 fully saturated rings. The first-order valence-corrected chi connectivity index (χ1v) is 5.65. The van der Waals surface area contributed by atoms with Gasteiger partial charge in [-0.2, -0.15) is 5.10 Å². The van der Waals surface area contributed by atoms with Crippen LogP contribution in [0.15, 0.2) is 36.9 Å². The summed E-state index contributed by atoms with van der Waals surface area (Å²) in [6, 6.07) is 3.24. The molecule has 0 spiro atoms. The van der Waals surface area contributed by atoms with Crippen molar-refractivity contribution in [2.24, 2.45) is 0 Å². The number of aromatic hydroxyl groups is 1. The highest BCUT2D eigenvalue weighted by atomic mass is 16.3. The molecule has 0 atom stereocenters. The van der Waals surface area contributed by atoms with Crippen molar-refractivity contribution in [1.82, 2.24) is 20.1 Å². The normalized spacial score (nSPS) is 10.2. The first-order chi connectivity index (χ1) is 8.75. The molecule has 6 heteroatoms. The minimum absolute atomic E-state index is 0.0146. The Morgan fingerprint density at radius 2 is 2.33 bits per heavy atom. The van der Waals surface area contributed by atoms with Crippen LogP contribution in [0.25, 0.3) is 0 Å². The van der Waals surface area contributed by atoms with Crippen molar-refractivity contribution in [3.63, 3.8) is 0 Å². The fourth-order valence-electron chi connectivity index (χ4n) is 1.53. The summed E-state index contributed by atoms with van der Waals surface area (Å²) in [5, 5.41) is 16.0. The molecule has 0 aliphatic heterocycles. The number of rotatable bonds is 5. The Bertz CT molecular complexity index is 511. The molecule has 0 aromatic carbocycles. The van der Waals surface area contributed by atoms with E-state index in [9.17, 15) is 9.90 Å². The number of nitrogens with one attached hydrogen (secondary N) is 1. The number of nitrogens with zero attached hydrogens (tertiary/aromatic N) is 3. The summed E-state index contributed by atoms with van der Waals surface area (Å²) in [5.74, 6) is -0.252. The maximum atomic E-state index is 11.7. The molecular formula is C12H14N4O2. The van der Waals surface area contributed by atoms with Crippen molar-refractivity contribution in [2.75, 3.05) is 6.54 Å². The van der Waals surface area contributed by atoms with Gasteiger partial charge in [0.1, 0.15) is 5.75 Å². The number of carbonyl (C=O) groups excluding carboxylic acids is 1. The van der Waals surface area contributed by atoms with Crippen molar-refractivity contribution in [3.8, 4) is 5.75 Å². The molecule has 6 nitrogen and oxygen atoms in total. The van der Waals surface area contributed by atoms with Crippen LogP contribution in [0.5, 0.6) is 5.75 Å². The number of pyridine rings is 1. The van der Waals surface area contributed by atoms with Crippen LogP contribution in [0.2, 0.25) is 0 Å². The van der Waals surface area contributed by atoms with Gasteiger partial charge in [0.15, 0.2) is 0 Å². The van der Waals surface area contributed by atoms with Gasteiger partial charge in [-0.1, -0.05) is 0 Å². The van der Waals surface area contributed by atoms with E-state index in [0.717, 1.165) is 13.0 Å². The van der Waals surface area contributed by atoms with E-state index >= 15 is 0 Å². The van der Waals surface area contributed by atoms with Crippen LogP contribution in [0.3, 0.4) is 0 Å². The van der Waals surface area contributed by atoms with E-state index in [2.05, 4.69) is 15.4 Å². The van der Waals surface area contributed by atoms with Crippen LogP contribution in [0.1, 0.15) is 16.8 Å². The summed E-state index contributed by atoms with van der Waals surface area (Å²) in [7, 11) is 0. The predicted molar refractivity (Wildman–Crippen MR) is 65.1 cm³/mol. The zero-order chi connectivity index (χ0) is 12.8. The Morgan fingerprint density at radius 1 is 1.44 bits per heavy atom. The van der Waals surface area contributed by atoms with Gasteiger partial charge in [-0.25, -0.2) is 0 Å². The first-order valence-electron chi connectivity index (χ1n) is 5.65. The van der Waals surface area contributed by atoms with E-state index in [0.29, 0.717) is 12.1 Å². The van der Waals surface area contributed by atoms with E-state index in [1.165, 1.54) is 18.5 Å². The molecule has 0 aliphatic carbocycles. The lowest BCUT2D eigenvalue weighted by molar-refractivity contribution is 0.0952. The topological polar surface area (TPSA) is 80.0 Å². The molecule has 0 saturated heterocycles. The molecule has 18 heavy (non-hydrogen) atoms. The van der Waals surface area contributed by atoms with Gasteiger partial charge in [-0.3, -0.25) is 14.5 Å². The third-order valence-electron chi connectivity index (χ3n) is 2.39. The molecule has 2 rings (SSSR count). The van der Waals surface area contributed by atoms with Gasteiger partial charge in [-0.15, -0.1) is 0 Å². The first kappa shape index (κ1) is 12.1. The average Bonchev–Trinajstić information content (AvgIpc) is 2.87. The van der Waals surface area contributed by atoms with E-state index in [4.69, 9.17) is 0 Å². The van der Waals surface area contributed by atoms with Crippen molar-refractivity contribution in [2.45, 2.75) is 13.0 Å². The van der Waals surface area contributed by atoms with Gasteiger partial charge in [0.05, 0.1) is 11.8 Å². The second kappa shape index (κ2) is 5.81.